The summed E-state index contributed by atoms with van der Waals surface area (Å²) in [6, 6.07) is 16.9. The molecule has 1 aliphatic rings. The van der Waals surface area contributed by atoms with Gasteiger partial charge in [0.05, 0.1) is 13.7 Å². The maximum absolute atomic E-state index is 13.1. The van der Waals surface area contributed by atoms with Crippen molar-refractivity contribution in [1.29, 1.82) is 0 Å². The topological polar surface area (TPSA) is 67.9 Å². The lowest BCUT2D eigenvalue weighted by Crippen LogP contribution is -2.49. The van der Waals surface area contributed by atoms with E-state index in [1.165, 1.54) is 0 Å². The van der Waals surface area contributed by atoms with Crippen LogP contribution in [0.1, 0.15) is 51.0 Å². The van der Waals surface area contributed by atoms with Gasteiger partial charge >= 0.3 is 0 Å². The minimum absolute atomic E-state index is 0.0405. The van der Waals surface area contributed by atoms with Crippen molar-refractivity contribution < 1.29 is 19.1 Å². The lowest BCUT2D eigenvalue weighted by atomic mass is 10.1. The fourth-order valence-corrected chi connectivity index (χ4v) is 3.98. The molecule has 3 rings (SSSR count). The van der Waals surface area contributed by atoms with Gasteiger partial charge in [-0.3, -0.25) is 9.59 Å². The van der Waals surface area contributed by atoms with Crippen LogP contribution >= 0.6 is 0 Å². The minimum atomic E-state index is -0.522. The Balaban J connectivity index is 1.55. The van der Waals surface area contributed by atoms with Gasteiger partial charge in [0.15, 0.2) is 0 Å². The van der Waals surface area contributed by atoms with Gasteiger partial charge in [0.1, 0.15) is 17.5 Å². The second kappa shape index (κ2) is 12.1. The summed E-state index contributed by atoms with van der Waals surface area (Å²) in [6.07, 6.45) is 5.25. The molecule has 6 nitrogen and oxygen atoms in total. The Morgan fingerprint density at radius 1 is 1.03 bits per heavy atom. The molecule has 0 unspecified atom stereocenters. The number of hydrogen-bond acceptors (Lipinski definition) is 4. The molecule has 6 heteroatoms. The summed E-state index contributed by atoms with van der Waals surface area (Å²) in [5, 5.41) is 3.13. The SMILES string of the molecule is COc1ccc(OCCCC(=O)N(Cc2ccccc2)[C@H](C)C(=O)NC2CCCC2)cc1. The smallest absolute Gasteiger partial charge is 0.242 e. The molecule has 0 bridgehead atoms. The van der Waals surface area contributed by atoms with E-state index in [0.717, 1.165) is 42.7 Å². The number of methoxy groups -OCH3 is 1. The lowest BCUT2D eigenvalue weighted by molar-refractivity contribution is -0.141. The number of amides is 2. The molecule has 0 aromatic heterocycles. The summed E-state index contributed by atoms with van der Waals surface area (Å²) < 4.78 is 10.9. The number of hydrogen-bond donors (Lipinski definition) is 1. The number of carbonyl (C=O) groups is 2. The molecule has 0 radical (unpaired) electrons. The molecular weight excluding hydrogens is 404 g/mol. The molecule has 2 amide bonds. The summed E-state index contributed by atoms with van der Waals surface area (Å²) in [5.74, 6) is 1.40. The highest BCUT2D eigenvalue weighted by molar-refractivity contribution is 5.87. The van der Waals surface area contributed by atoms with E-state index >= 15 is 0 Å². The highest BCUT2D eigenvalue weighted by atomic mass is 16.5. The largest absolute Gasteiger partial charge is 0.497 e. The Bertz CT molecular complexity index is 848. The summed E-state index contributed by atoms with van der Waals surface area (Å²) in [4.78, 5) is 27.6. The summed E-state index contributed by atoms with van der Waals surface area (Å²) in [6.45, 7) is 2.66. The zero-order valence-corrected chi connectivity index (χ0v) is 19.1. The zero-order chi connectivity index (χ0) is 22.8. The van der Waals surface area contributed by atoms with Gasteiger partial charge < -0.3 is 19.7 Å². The van der Waals surface area contributed by atoms with Crippen LogP contribution < -0.4 is 14.8 Å². The van der Waals surface area contributed by atoms with Gasteiger partial charge in [-0.2, -0.15) is 0 Å². The number of nitrogens with one attached hydrogen (secondary N) is 1. The van der Waals surface area contributed by atoms with Gasteiger partial charge in [-0.1, -0.05) is 43.2 Å². The summed E-state index contributed by atoms with van der Waals surface area (Å²) in [5.41, 5.74) is 1.01. The van der Waals surface area contributed by atoms with Crippen molar-refractivity contribution >= 4 is 11.8 Å². The van der Waals surface area contributed by atoms with E-state index in [1.54, 1.807) is 12.0 Å². The van der Waals surface area contributed by atoms with E-state index in [1.807, 2.05) is 61.5 Å². The van der Waals surface area contributed by atoms with Gasteiger partial charge in [-0.05, 0) is 56.0 Å². The average molecular weight is 439 g/mol. The number of nitrogens with zero attached hydrogens (tertiary/aromatic N) is 1. The monoisotopic (exact) mass is 438 g/mol. The van der Waals surface area contributed by atoms with Crippen molar-refractivity contribution in [2.75, 3.05) is 13.7 Å². The molecule has 2 aromatic carbocycles. The van der Waals surface area contributed by atoms with Gasteiger partial charge in [-0.15, -0.1) is 0 Å². The minimum Gasteiger partial charge on any atom is -0.497 e. The normalized spacial score (nSPS) is 14.6. The maximum Gasteiger partial charge on any atom is 0.242 e. The first kappa shape index (κ1) is 23.6. The van der Waals surface area contributed by atoms with Crippen molar-refractivity contribution in [1.82, 2.24) is 10.2 Å². The number of rotatable bonds is 11. The first-order valence-electron chi connectivity index (χ1n) is 11.5. The Morgan fingerprint density at radius 3 is 2.34 bits per heavy atom. The first-order chi connectivity index (χ1) is 15.6. The molecule has 32 heavy (non-hydrogen) atoms. The van der Waals surface area contributed by atoms with Crippen molar-refractivity contribution in [3.63, 3.8) is 0 Å². The van der Waals surface area contributed by atoms with Crippen LogP contribution in [0, 0.1) is 0 Å². The molecule has 1 fully saturated rings. The highest BCUT2D eigenvalue weighted by Crippen LogP contribution is 2.19. The third-order valence-corrected chi connectivity index (χ3v) is 5.93. The van der Waals surface area contributed by atoms with E-state index in [9.17, 15) is 9.59 Å². The molecular formula is C26H34N2O4. The lowest BCUT2D eigenvalue weighted by Gasteiger charge is -2.30. The predicted octanol–water partition coefficient (Wildman–Crippen LogP) is 4.33. The Morgan fingerprint density at radius 2 is 1.69 bits per heavy atom. The van der Waals surface area contributed by atoms with Crippen molar-refractivity contribution in [3.05, 3.63) is 60.2 Å². The molecule has 1 saturated carbocycles. The van der Waals surface area contributed by atoms with Gasteiger partial charge in [0.2, 0.25) is 11.8 Å². The molecule has 0 aliphatic heterocycles. The van der Waals surface area contributed by atoms with E-state index < -0.39 is 6.04 Å². The van der Waals surface area contributed by atoms with Gasteiger partial charge in [-0.25, -0.2) is 0 Å². The molecule has 2 aromatic rings. The van der Waals surface area contributed by atoms with Crippen molar-refractivity contribution in [2.24, 2.45) is 0 Å². The van der Waals surface area contributed by atoms with Gasteiger partial charge in [0.25, 0.3) is 0 Å². The molecule has 1 atom stereocenters. The van der Waals surface area contributed by atoms with Crippen LogP contribution in [-0.4, -0.2) is 42.5 Å². The number of benzene rings is 2. The molecule has 172 valence electrons. The quantitative estimate of drug-likeness (QED) is 0.530. The van der Waals surface area contributed by atoms with E-state index in [-0.39, 0.29) is 17.9 Å². The van der Waals surface area contributed by atoms with E-state index in [4.69, 9.17) is 9.47 Å². The van der Waals surface area contributed by atoms with E-state index in [0.29, 0.717) is 26.0 Å². The number of ether oxygens (including phenoxy) is 2. The molecule has 1 aliphatic carbocycles. The fourth-order valence-electron chi connectivity index (χ4n) is 3.98. The molecule has 0 spiro atoms. The number of carbonyl (C=O) groups excluding carboxylic acids is 2. The first-order valence-corrected chi connectivity index (χ1v) is 11.5. The van der Waals surface area contributed by atoms with Crippen LogP contribution in [-0.2, 0) is 16.1 Å². The standard InChI is InChI=1S/C26H34N2O4/c1-20(26(30)27-22-11-6-7-12-22)28(19-21-9-4-3-5-10-21)25(29)13-8-18-32-24-16-14-23(31-2)15-17-24/h3-5,9-10,14-17,20,22H,6-8,11-13,18-19H2,1-2H3,(H,27,30)/t20-/m1/s1. The van der Waals surface area contributed by atoms with Gasteiger partial charge in [0, 0.05) is 19.0 Å². The third-order valence-electron chi connectivity index (χ3n) is 5.93. The summed E-state index contributed by atoms with van der Waals surface area (Å²) >= 11 is 0. The summed E-state index contributed by atoms with van der Waals surface area (Å²) in [7, 11) is 1.62. The maximum atomic E-state index is 13.1. The van der Waals surface area contributed by atoms with Crippen molar-refractivity contribution in [2.45, 2.75) is 64.1 Å². The zero-order valence-electron chi connectivity index (χ0n) is 19.1. The average Bonchev–Trinajstić information content (AvgIpc) is 3.33. The van der Waals surface area contributed by atoms with Crippen molar-refractivity contribution in [3.8, 4) is 11.5 Å². The van der Waals surface area contributed by atoms with Crippen LogP contribution in [0.2, 0.25) is 0 Å². The molecule has 1 N–H and O–H groups in total. The van der Waals surface area contributed by atoms with Crippen LogP contribution in [0.25, 0.3) is 0 Å². The van der Waals surface area contributed by atoms with Crippen LogP contribution in [0.5, 0.6) is 11.5 Å². The van der Waals surface area contributed by atoms with Crippen LogP contribution in [0.4, 0.5) is 0 Å². The Hall–Kier alpha value is -3.02. The molecule has 0 saturated heterocycles. The second-order valence-electron chi connectivity index (χ2n) is 8.30. The Labute approximate surface area is 190 Å². The third kappa shape index (κ3) is 7.01. The van der Waals surface area contributed by atoms with E-state index in [2.05, 4.69) is 5.32 Å². The highest BCUT2D eigenvalue weighted by Gasteiger charge is 2.28. The molecule has 0 heterocycles. The predicted molar refractivity (Wildman–Crippen MR) is 125 cm³/mol. The van der Waals surface area contributed by atoms with Crippen LogP contribution in [0.15, 0.2) is 54.6 Å². The Kier molecular flexibility index (Phi) is 8.96. The fraction of sp³-hybridized carbons (Fsp3) is 0.462. The second-order valence-corrected chi connectivity index (χ2v) is 8.30. The van der Waals surface area contributed by atoms with Crippen LogP contribution in [0.3, 0.4) is 0 Å².